The third kappa shape index (κ3) is 18.4. The Morgan fingerprint density at radius 2 is 0.843 bits per heavy atom. The first kappa shape index (κ1) is 56.0. The highest BCUT2D eigenvalue weighted by atomic mass is 32.1. The Kier molecular flexibility index (Phi) is 23.6. The molecule has 2 saturated heterocycles. The minimum atomic E-state index is -0.433. The number of thiocarbonyl (C=S) groups is 1. The average molecular weight is 971 g/mol. The zero-order chi connectivity index (χ0) is 50.4. The van der Waals surface area contributed by atoms with Gasteiger partial charge in [-0.25, -0.2) is 0 Å². The van der Waals surface area contributed by atoms with E-state index < -0.39 is 5.91 Å². The molecule has 2 fully saturated rings. The van der Waals surface area contributed by atoms with Gasteiger partial charge in [0.1, 0.15) is 4.99 Å². The molecule has 0 bridgehead atoms. The number of hydrogen-bond acceptors (Lipinski definition) is 6. The molecule has 0 aromatic heterocycles. The minimum Gasteiger partial charge on any atom is -0.389 e. The van der Waals surface area contributed by atoms with Crippen molar-refractivity contribution in [3.8, 4) is 0 Å². The van der Waals surface area contributed by atoms with Crippen LogP contribution in [0.5, 0.6) is 0 Å². The quantitative estimate of drug-likeness (QED) is 0.0531. The van der Waals surface area contributed by atoms with Crippen molar-refractivity contribution in [3.63, 3.8) is 0 Å². The lowest BCUT2D eigenvalue weighted by molar-refractivity contribution is 0.0539. The van der Waals surface area contributed by atoms with Crippen LogP contribution in [0.4, 0.5) is 0 Å². The number of benzene rings is 4. The van der Waals surface area contributed by atoms with Crippen LogP contribution in [-0.2, 0) is 25.9 Å². The second-order valence-electron chi connectivity index (χ2n) is 20.8. The predicted octanol–water partition coefficient (Wildman–Crippen LogP) is 11.9. The Balaban J connectivity index is 0.000000261. The van der Waals surface area contributed by atoms with Crippen LogP contribution < -0.4 is 11.5 Å². The van der Waals surface area contributed by atoms with E-state index in [0.29, 0.717) is 29.6 Å². The molecule has 4 N–H and O–H groups in total. The molecular formula is C60H86N6O3S. The van der Waals surface area contributed by atoms with Gasteiger partial charge >= 0.3 is 0 Å². The highest BCUT2D eigenvalue weighted by Crippen LogP contribution is 2.25. The van der Waals surface area contributed by atoms with Gasteiger partial charge in [0.05, 0.1) is 0 Å². The molecule has 0 atom stereocenters. The van der Waals surface area contributed by atoms with Crippen LogP contribution in [0.3, 0.4) is 0 Å². The summed E-state index contributed by atoms with van der Waals surface area (Å²) in [6.45, 7) is 21.1. The summed E-state index contributed by atoms with van der Waals surface area (Å²) in [7, 11) is 0. The fraction of sp³-hybridized carbons (Fsp3) is 0.533. The molecule has 3 amide bonds. The van der Waals surface area contributed by atoms with Crippen molar-refractivity contribution in [3.05, 3.63) is 142 Å². The zero-order valence-electron chi connectivity index (χ0n) is 43.7. The maximum absolute atomic E-state index is 13.8. The Morgan fingerprint density at radius 1 is 0.514 bits per heavy atom. The lowest BCUT2D eigenvalue weighted by Gasteiger charge is -2.39. The molecule has 2 heterocycles. The Morgan fingerprint density at radius 3 is 1.16 bits per heavy atom. The molecule has 4 aromatic rings. The molecular weight excluding hydrogens is 885 g/mol. The van der Waals surface area contributed by atoms with Gasteiger partial charge in [-0.3, -0.25) is 14.4 Å². The number of rotatable bonds is 24. The van der Waals surface area contributed by atoms with Gasteiger partial charge in [0.15, 0.2) is 0 Å². The number of amides is 3. The summed E-state index contributed by atoms with van der Waals surface area (Å²) in [5.41, 5.74) is 18.8. The van der Waals surface area contributed by atoms with E-state index in [1.807, 2.05) is 65.6 Å². The SMILES string of the molecule is CCCCCc1ccc(C(=O)N(Cc2ccc(C(N)=O)cc2)C2CCN(CCC(C)C)CC2)cc1.CCCCCc1ccc(C(=O)N(Cc2ccc(C(N)=S)cc2)C2CCN(CCC(C)C)CC2)cc1. The van der Waals surface area contributed by atoms with E-state index in [2.05, 4.69) is 80.5 Å². The number of primary amides is 1. The van der Waals surface area contributed by atoms with Crippen LogP contribution in [0, 0.1) is 11.8 Å². The first-order valence-corrected chi connectivity index (χ1v) is 27.2. The monoisotopic (exact) mass is 971 g/mol. The molecule has 0 radical (unpaired) electrons. The largest absolute Gasteiger partial charge is 0.389 e. The fourth-order valence-corrected chi connectivity index (χ4v) is 9.72. The lowest BCUT2D eigenvalue weighted by Crippen LogP contribution is -2.47. The first-order chi connectivity index (χ1) is 33.7. The van der Waals surface area contributed by atoms with Gasteiger partial charge in [0, 0.05) is 73.6 Å². The molecule has 70 heavy (non-hydrogen) atoms. The van der Waals surface area contributed by atoms with Crippen LogP contribution in [0.15, 0.2) is 97.1 Å². The summed E-state index contributed by atoms with van der Waals surface area (Å²) in [5.74, 6) is 1.21. The van der Waals surface area contributed by atoms with E-state index in [-0.39, 0.29) is 23.9 Å². The van der Waals surface area contributed by atoms with Crippen LogP contribution >= 0.6 is 12.2 Å². The Hall–Kier alpha value is -4.90. The summed E-state index contributed by atoms with van der Waals surface area (Å²) in [4.78, 5) is 48.6. The Bertz CT molecular complexity index is 2020. The van der Waals surface area contributed by atoms with Gasteiger partial charge in [-0.05, 0) is 148 Å². The molecule has 2 aliphatic rings. The second kappa shape index (κ2) is 29.4. The third-order valence-electron chi connectivity index (χ3n) is 14.3. The third-order valence-corrected chi connectivity index (χ3v) is 14.5. The molecule has 9 nitrogen and oxygen atoms in total. The summed E-state index contributed by atoms with van der Waals surface area (Å²) >= 11 is 5.10. The van der Waals surface area contributed by atoms with Gasteiger partial charge in [0.25, 0.3) is 11.8 Å². The number of likely N-dealkylation sites (tertiary alicyclic amines) is 2. The van der Waals surface area contributed by atoms with E-state index in [4.69, 9.17) is 23.7 Å². The number of nitrogens with two attached hydrogens (primary N) is 2. The van der Waals surface area contributed by atoms with Crippen molar-refractivity contribution < 1.29 is 14.4 Å². The maximum atomic E-state index is 13.8. The van der Waals surface area contributed by atoms with E-state index in [1.165, 1.54) is 62.5 Å². The summed E-state index contributed by atoms with van der Waals surface area (Å²) < 4.78 is 0. The number of carbonyl (C=O) groups excluding carboxylic acids is 3. The van der Waals surface area contributed by atoms with E-state index in [9.17, 15) is 14.4 Å². The molecule has 0 aliphatic carbocycles. The van der Waals surface area contributed by atoms with Crippen molar-refractivity contribution >= 4 is 34.9 Å². The molecule has 380 valence electrons. The molecule has 10 heteroatoms. The lowest BCUT2D eigenvalue weighted by atomic mass is 9.99. The molecule has 6 rings (SSSR count). The van der Waals surface area contributed by atoms with Gasteiger partial charge in [-0.2, -0.15) is 0 Å². The van der Waals surface area contributed by atoms with Crippen molar-refractivity contribution in [2.45, 2.75) is 157 Å². The van der Waals surface area contributed by atoms with Crippen LogP contribution in [0.2, 0.25) is 0 Å². The van der Waals surface area contributed by atoms with Crippen LogP contribution in [0.25, 0.3) is 0 Å². The average Bonchev–Trinajstić information content (AvgIpc) is 3.37. The summed E-state index contributed by atoms with van der Waals surface area (Å²) in [5, 5.41) is 0. The molecule has 0 spiro atoms. The number of nitrogens with zero attached hydrogens (tertiary/aromatic N) is 4. The molecule has 0 unspecified atom stereocenters. The van der Waals surface area contributed by atoms with E-state index in [0.717, 1.165) is 112 Å². The first-order valence-electron chi connectivity index (χ1n) is 26.8. The standard InChI is InChI=1S/C30H43N3O2.C30H43N3OS/c1-4-5-6-7-24-8-14-27(15-9-24)30(35)33(22-25-10-12-26(13-11-25)29(31)34)28-17-20-32(21-18-28)19-16-23(2)3;1-4-5-6-7-24-8-14-27(15-9-24)30(34)33(22-25-10-12-26(13-11-25)29(31)35)28-17-20-32(21-18-28)19-16-23(2)3/h8-15,23,28H,4-7,16-22H2,1-3H3,(H2,31,34);8-15,23,28H,4-7,16-22H2,1-3H3,(H2,31,35). The number of hydrogen-bond donors (Lipinski definition) is 2. The number of aryl methyl sites for hydroxylation is 2. The normalized spacial score (nSPS) is 14.9. The predicted molar refractivity (Wildman–Crippen MR) is 294 cm³/mol. The van der Waals surface area contributed by atoms with Crippen molar-refractivity contribution in [2.75, 3.05) is 39.3 Å². The topological polar surface area (TPSA) is 116 Å². The minimum absolute atomic E-state index is 0.0877. The van der Waals surface area contributed by atoms with Gasteiger partial charge < -0.3 is 31.1 Å². The van der Waals surface area contributed by atoms with Gasteiger partial charge in [0.2, 0.25) is 5.91 Å². The van der Waals surface area contributed by atoms with Crippen molar-refractivity contribution in [1.82, 2.24) is 19.6 Å². The molecule has 0 saturated carbocycles. The second-order valence-corrected chi connectivity index (χ2v) is 21.2. The van der Waals surface area contributed by atoms with Gasteiger partial charge in [-0.1, -0.05) is 140 Å². The zero-order valence-corrected chi connectivity index (χ0v) is 44.5. The summed E-state index contributed by atoms with van der Waals surface area (Å²) in [6, 6.07) is 32.3. The Labute approximate surface area is 427 Å². The highest BCUT2D eigenvalue weighted by Gasteiger charge is 2.30. The van der Waals surface area contributed by atoms with E-state index in [1.54, 1.807) is 12.1 Å². The molecule has 4 aromatic carbocycles. The summed E-state index contributed by atoms with van der Waals surface area (Å²) in [6.07, 6.45) is 15.9. The highest BCUT2D eigenvalue weighted by molar-refractivity contribution is 7.80. The fourth-order valence-electron chi connectivity index (χ4n) is 9.58. The van der Waals surface area contributed by atoms with Crippen LogP contribution in [-0.4, -0.2) is 93.7 Å². The number of unbranched alkanes of at least 4 members (excludes halogenated alkanes) is 4. The van der Waals surface area contributed by atoms with Crippen LogP contribution in [0.1, 0.15) is 177 Å². The van der Waals surface area contributed by atoms with Gasteiger partial charge in [-0.15, -0.1) is 0 Å². The molecule has 2 aliphatic heterocycles. The van der Waals surface area contributed by atoms with E-state index >= 15 is 0 Å². The smallest absolute Gasteiger partial charge is 0.254 e. The number of carbonyl (C=O) groups is 3. The van der Waals surface area contributed by atoms with Crippen molar-refractivity contribution in [2.24, 2.45) is 23.3 Å². The van der Waals surface area contributed by atoms with Crippen molar-refractivity contribution in [1.29, 1.82) is 0 Å². The maximum Gasteiger partial charge on any atom is 0.254 e. The number of piperidine rings is 2.